The van der Waals surface area contributed by atoms with Gasteiger partial charge in [0.05, 0.1) is 5.75 Å². The molecule has 2 aliphatic rings. The molecule has 136 valence electrons. The van der Waals surface area contributed by atoms with Gasteiger partial charge in [-0.25, -0.2) is 14.8 Å². The number of carbonyl (C=O) groups is 2. The predicted molar refractivity (Wildman–Crippen MR) is 97.0 cm³/mol. The molecule has 3 amide bonds. The Labute approximate surface area is 151 Å². The second-order valence-corrected chi connectivity index (χ2v) is 8.10. The number of fused-ring (bicyclic) bond motifs is 2. The molecule has 4 N–H and O–H groups in total. The summed E-state index contributed by atoms with van der Waals surface area (Å²) < 4.78 is 0. The highest BCUT2D eigenvalue weighted by molar-refractivity contribution is 7.99. The molecule has 8 heteroatoms. The topological polar surface area (TPSA) is 110 Å². The number of aromatic nitrogens is 2. The number of hydrogen-bond donors (Lipinski definition) is 3. The van der Waals surface area contributed by atoms with Crippen molar-refractivity contribution in [2.24, 2.45) is 17.8 Å². The average Bonchev–Trinajstić information content (AvgIpc) is 3.15. The lowest BCUT2D eigenvalue weighted by molar-refractivity contribution is -0.117. The van der Waals surface area contributed by atoms with Crippen molar-refractivity contribution in [3.05, 3.63) is 11.8 Å². The summed E-state index contributed by atoms with van der Waals surface area (Å²) in [7, 11) is 0. The Balaban J connectivity index is 1.42. The zero-order chi connectivity index (χ0) is 18.0. The minimum Gasteiger partial charge on any atom is -0.384 e. The van der Waals surface area contributed by atoms with Gasteiger partial charge >= 0.3 is 6.03 Å². The Hall–Kier alpha value is -1.83. The fourth-order valence-electron chi connectivity index (χ4n) is 4.18. The van der Waals surface area contributed by atoms with E-state index >= 15 is 0 Å². The van der Waals surface area contributed by atoms with E-state index in [4.69, 9.17) is 5.73 Å². The van der Waals surface area contributed by atoms with Crippen LogP contribution in [-0.2, 0) is 4.79 Å². The van der Waals surface area contributed by atoms with Crippen LogP contribution in [0, 0.1) is 24.7 Å². The molecular weight excluding hydrogens is 338 g/mol. The van der Waals surface area contributed by atoms with Crippen LogP contribution in [0.15, 0.2) is 11.2 Å². The molecule has 4 atom stereocenters. The molecule has 1 heterocycles. The number of nitrogens with zero attached hydrogens (tertiary/aromatic N) is 2. The first-order valence-corrected chi connectivity index (χ1v) is 9.73. The van der Waals surface area contributed by atoms with Crippen molar-refractivity contribution in [3.8, 4) is 0 Å². The second kappa shape index (κ2) is 7.59. The summed E-state index contributed by atoms with van der Waals surface area (Å²) in [5, 5.41) is 5.74. The van der Waals surface area contributed by atoms with Gasteiger partial charge in [-0.1, -0.05) is 18.2 Å². The number of nitrogen functional groups attached to an aromatic ring is 1. The third-order valence-corrected chi connectivity index (χ3v) is 6.08. The van der Waals surface area contributed by atoms with Crippen LogP contribution in [-0.4, -0.2) is 33.7 Å². The third kappa shape index (κ3) is 4.62. The smallest absolute Gasteiger partial charge is 0.321 e. The molecule has 2 fully saturated rings. The summed E-state index contributed by atoms with van der Waals surface area (Å²) in [5.41, 5.74) is 6.40. The Morgan fingerprint density at radius 1 is 1.36 bits per heavy atom. The summed E-state index contributed by atoms with van der Waals surface area (Å²) in [6.07, 6.45) is 5.11. The SMILES string of the molecule is Cc1cc(N)nc(SCC(=O)NC(=O)N[C@@H](C)[C@H]2C[C@H]3CC[C@H]2C3)n1. The van der Waals surface area contributed by atoms with Crippen LogP contribution >= 0.6 is 11.8 Å². The van der Waals surface area contributed by atoms with Crippen molar-refractivity contribution in [2.75, 3.05) is 11.5 Å². The van der Waals surface area contributed by atoms with E-state index in [9.17, 15) is 9.59 Å². The van der Waals surface area contributed by atoms with Crippen LogP contribution in [0.2, 0.25) is 0 Å². The summed E-state index contributed by atoms with van der Waals surface area (Å²) in [6.45, 7) is 3.85. The number of anilines is 1. The van der Waals surface area contributed by atoms with Crippen LogP contribution in [0.4, 0.5) is 10.6 Å². The number of imide groups is 1. The van der Waals surface area contributed by atoms with Gasteiger partial charge in [-0.2, -0.15) is 0 Å². The van der Waals surface area contributed by atoms with E-state index in [1.807, 2.05) is 13.8 Å². The molecule has 0 unspecified atom stereocenters. The molecule has 0 aliphatic heterocycles. The largest absolute Gasteiger partial charge is 0.384 e. The van der Waals surface area contributed by atoms with E-state index in [0.717, 1.165) is 29.3 Å². The number of rotatable bonds is 5. The van der Waals surface area contributed by atoms with Gasteiger partial charge in [-0.3, -0.25) is 10.1 Å². The number of carbonyl (C=O) groups excluding carboxylic acids is 2. The molecule has 2 saturated carbocycles. The van der Waals surface area contributed by atoms with E-state index in [1.165, 1.54) is 25.7 Å². The van der Waals surface area contributed by atoms with Crippen molar-refractivity contribution >= 4 is 29.5 Å². The number of hydrogen-bond acceptors (Lipinski definition) is 6. The molecule has 3 rings (SSSR count). The van der Waals surface area contributed by atoms with Gasteiger partial charge < -0.3 is 11.1 Å². The van der Waals surface area contributed by atoms with Gasteiger partial charge in [0.1, 0.15) is 5.82 Å². The minimum absolute atomic E-state index is 0.0683. The lowest BCUT2D eigenvalue weighted by atomic mass is 9.84. The highest BCUT2D eigenvalue weighted by atomic mass is 32.2. The molecule has 1 aromatic rings. The number of nitrogens with two attached hydrogens (primary N) is 1. The Kier molecular flexibility index (Phi) is 5.46. The molecule has 1 aromatic heterocycles. The number of amides is 3. The van der Waals surface area contributed by atoms with E-state index in [1.54, 1.807) is 6.07 Å². The second-order valence-electron chi connectivity index (χ2n) is 7.15. The van der Waals surface area contributed by atoms with Gasteiger partial charge in [0, 0.05) is 17.8 Å². The average molecular weight is 363 g/mol. The molecule has 0 aromatic carbocycles. The first-order chi connectivity index (χ1) is 11.9. The minimum atomic E-state index is -0.425. The fourth-order valence-corrected chi connectivity index (χ4v) is 4.89. The van der Waals surface area contributed by atoms with Crippen LogP contribution in [0.5, 0.6) is 0 Å². The molecule has 0 spiro atoms. The predicted octanol–water partition coefficient (Wildman–Crippen LogP) is 2.11. The lowest BCUT2D eigenvalue weighted by Crippen LogP contribution is -2.47. The zero-order valence-electron chi connectivity index (χ0n) is 14.6. The van der Waals surface area contributed by atoms with Crippen LogP contribution in [0.25, 0.3) is 0 Å². The normalized spacial score (nSPS) is 25.6. The molecule has 7 nitrogen and oxygen atoms in total. The third-order valence-electron chi connectivity index (χ3n) is 5.23. The maximum atomic E-state index is 12.0. The lowest BCUT2D eigenvalue weighted by Gasteiger charge is -2.28. The molecular formula is C17H25N5O2S. The first kappa shape index (κ1) is 18.0. The van der Waals surface area contributed by atoms with Gasteiger partial charge in [0.25, 0.3) is 0 Å². The fraction of sp³-hybridized carbons (Fsp3) is 0.647. The highest BCUT2D eigenvalue weighted by Gasteiger charge is 2.42. The number of thioether (sulfide) groups is 1. The molecule has 25 heavy (non-hydrogen) atoms. The maximum Gasteiger partial charge on any atom is 0.321 e. The van der Waals surface area contributed by atoms with E-state index in [-0.39, 0.29) is 17.7 Å². The van der Waals surface area contributed by atoms with Crippen LogP contribution in [0.1, 0.15) is 38.3 Å². The number of nitrogens with one attached hydrogen (secondary N) is 2. The first-order valence-electron chi connectivity index (χ1n) is 8.75. The van der Waals surface area contributed by atoms with Gasteiger partial charge in [0.15, 0.2) is 5.16 Å². The van der Waals surface area contributed by atoms with Crippen molar-refractivity contribution in [1.82, 2.24) is 20.6 Å². The van der Waals surface area contributed by atoms with E-state index < -0.39 is 6.03 Å². The monoisotopic (exact) mass is 363 g/mol. The molecule has 0 radical (unpaired) electrons. The van der Waals surface area contributed by atoms with Crippen molar-refractivity contribution < 1.29 is 9.59 Å². The van der Waals surface area contributed by atoms with Crippen molar-refractivity contribution in [3.63, 3.8) is 0 Å². The zero-order valence-corrected chi connectivity index (χ0v) is 15.4. The quantitative estimate of drug-likeness (QED) is 0.546. The maximum absolute atomic E-state index is 12.0. The van der Waals surface area contributed by atoms with Crippen LogP contribution < -0.4 is 16.4 Å². The summed E-state index contributed by atoms with van der Waals surface area (Å²) >= 11 is 1.16. The van der Waals surface area contributed by atoms with Gasteiger partial charge in [0.2, 0.25) is 5.91 Å². The number of aryl methyl sites for hydroxylation is 1. The van der Waals surface area contributed by atoms with Crippen molar-refractivity contribution in [1.29, 1.82) is 0 Å². The standard InChI is InChI=1S/C17H25N5O2S/c1-9-5-14(18)21-17(19-9)25-8-15(23)22-16(24)20-10(2)13-7-11-3-4-12(13)6-11/h5,10-13H,3-4,6-8H2,1-2H3,(H2,18,19,21)(H2,20,22,23,24)/t10-,11-,12-,13+/m0/s1. The van der Waals surface area contributed by atoms with Gasteiger partial charge in [-0.05, 0) is 50.9 Å². The van der Waals surface area contributed by atoms with Crippen LogP contribution in [0.3, 0.4) is 0 Å². The molecule has 2 bridgehead atoms. The Morgan fingerprint density at radius 2 is 2.16 bits per heavy atom. The Morgan fingerprint density at radius 3 is 2.80 bits per heavy atom. The molecule has 2 aliphatic carbocycles. The highest BCUT2D eigenvalue weighted by Crippen LogP contribution is 2.49. The van der Waals surface area contributed by atoms with E-state index in [0.29, 0.717) is 16.9 Å². The van der Waals surface area contributed by atoms with E-state index in [2.05, 4.69) is 20.6 Å². The number of urea groups is 1. The summed E-state index contributed by atoms with van der Waals surface area (Å²) in [4.78, 5) is 32.2. The Bertz CT molecular complexity index is 648. The molecule has 0 saturated heterocycles. The summed E-state index contributed by atoms with van der Waals surface area (Å²) in [5.74, 6) is 2.17. The van der Waals surface area contributed by atoms with Gasteiger partial charge in [-0.15, -0.1) is 0 Å². The van der Waals surface area contributed by atoms with Crippen molar-refractivity contribution in [2.45, 2.75) is 50.7 Å². The summed E-state index contributed by atoms with van der Waals surface area (Å²) in [6, 6.07) is 1.33.